The van der Waals surface area contributed by atoms with Crippen molar-refractivity contribution in [2.24, 2.45) is 0 Å². The molecule has 2 fully saturated rings. The normalized spacial score (nSPS) is 18.1. The highest BCUT2D eigenvalue weighted by molar-refractivity contribution is 5.89. The summed E-state index contributed by atoms with van der Waals surface area (Å²) in [6, 6.07) is 3.52. The van der Waals surface area contributed by atoms with E-state index in [-0.39, 0.29) is 18.2 Å². The third-order valence-corrected chi connectivity index (χ3v) is 6.82. The van der Waals surface area contributed by atoms with Gasteiger partial charge >= 0.3 is 0 Å². The highest BCUT2D eigenvalue weighted by Crippen LogP contribution is 2.25. The SMILES string of the molecule is CCN(CC)c1cc(N2CCN(C(=O)C3CCCN3C(=O)CC#N)CC2)nc(N(CC)CC)n1. The Morgan fingerprint density at radius 2 is 1.65 bits per heavy atom. The zero-order chi connectivity index (χ0) is 24.7. The Bertz CT molecular complexity index is 855. The van der Waals surface area contributed by atoms with E-state index in [0.29, 0.717) is 39.1 Å². The van der Waals surface area contributed by atoms with E-state index in [9.17, 15) is 9.59 Å². The molecule has 3 rings (SSSR count). The third-order valence-electron chi connectivity index (χ3n) is 6.82. The molecule has 3 heterocycles. The van der Waals surface area contributed by atoms with Crippen molar-refractivity contribution in [2.75, 3.05) is 73.6 Å². The molecule has 2 saturated heterocycles. The molecule has 10 nitrogen and oxygen atoms in total. The molecule has 1 atom stereocenters. The smallest absolute Gasteiger partial charge is 0.245 e. The summed E-state index contributed by atoms with van der Waals surface area (Å²) in [5.41, 5.74) is 0. The van der Waals surface area contributed by atoms with Crippen LogP contribution in [0.25, 0.3) is 0 Å². The van der Waals surface area contributed by atoms with Crippen LogP contribution in [0.1, 0.15) is 47.0 Å². The number of hydrogen-bond donors (Lipinski definition) is 0. The molecule has 0 bridgehead atoms. The lowest BCUT2D eigenvalue weighted by molar-refractivity contribution is -0.143. The van der Waals surface area contributed by atoms with Gasteiger partial charge in [0.05, 0.1) is 6.07 Å². The van der Waals surface area contributed by atoms with Crippen molar-refractivity contribution in [3.63, 3.8) is 0 Å². The first-order valence-corrected chi connectivity index (χ1v) is 12.6. The first kappa shape index (κ1) is 25.5. The minimum Gasteiger partial charge on any atom is -0.357 e. The molecule has 0 radical (unpaired) electrons. The monoisotopic (exact) mass is 470 g/mol. The number of anilines is 3. The lowest BCUT2D eigenvalue weighted by atomic mass is 10.1. The lowest BCUT2D eigenvalue weighted by Gasteiger charge is -2.38. The predicted molar refractivity (Wildman–Crippen MR) is 133 cm³/mol. The van der Waals surface area contributed by atoms with Gasteiger partial charge in [-0.05, 0) is 40.5 Å². The molecule has 1 aromatic heterocycles. The summed E-state index contributed by atoms with van der Waals surface area (Å²) in [5, 5.41) is 8.86. The zero-order valence-corrected chi connectivity index (χ0v) is 21.0. The average molecular weight is 471 g/mol. The molecular formula is C24H38N8O2. The van der Waals surface area contributed by atoms with E-state index in [0.717, 1.165) is 50.2 Å². The van der Waals surface area contributed by atoms with Crippen LogP contribution in [-0.2, 0) is 9.59 Å². The first-order chi connectivity index (χ1) is 16.5. The summed E-state index contributed by atoms with van der Waals surface area (Å²) in [4.78, 5) is 45.2. The van der Waals surface area contributed by atoms with Crippen LogP contribution < -0.4 is 14.7 Å². The van der Waals surface area contributed by atoms with E-state index < -0.39 is 6.04 Å². The molecule has 34 heavy (non-hydrogen) atoms. The number of aromatic nitrogens is 2. The molecule has 1 unspecified atom stereocenters. The fourth-order valence-electron chi connectivity index (χ4n) is 4.79. The van der Waals surface area contributed by atoms with Crippen LogP contribution in [0.2, 0.25) is 0 Å². The van der Waals surface area contributed by atoms with Gasteiger partial charge in [0.2, 0.25) is 17.8 Å². The Morgan fingerprint density at radius 1 is 1.00 bits per heavy atom. The Balaban J connectivity index is 1.73. The second-order valence-corrected chi connectivity index (χ2v) is 8.62. The topological polar surface area (TPSA) is 99.9 Å². The van der Waals surface area contributed by atoms with E-state index in [4.69, 9.17) is 15.2 Å². The number of piperazine rings is 1. The Hall–Kier alpha value is -3.09. The number of amides is 2. The first-order valence-electron chi connectivity index (χ1n) is 12.6. The summed E-state index contributed by atoms with van der Waals surface area (Å²) in [7, 11) is 0. The standard InChI is InChI=1S/C24H38N8O2/c1-5-28(6-2)20-18-21(27-24(26-20)29(7-3)8-4)30-14-16-31(17-15-30)23(34)19-10-9-13-32(19)22(33)11-12-25/h18-19H,5-11,13-17H2,1-4H3. The summed E-state index contributed by atoms with van der Waals surface area (Å²) in [6.07, 6.45) is 1.30. The molecule has 10 heteroatoms. The van der Waals surface area contributed by atoms with Crippen molar-refractivity contribution < 1.29 is 9.59 Å². The molecule has 2 aliphatic heterocycles. The summed E-state index contributed by atoms with van der Waals surface area (Å²) in [5.74, 6) is 2.30. The van der Waals surface area contributed by atoms with E-state index in [1.807, 2.05) is 11.0 Å². The average Bonchev–Trinajstić information content (AvgIpc) is 3.35. The minimum atomic E-state index is -0.435. The number of nitriles is 1. The number of carbonyl (C=O) groups is 2. The summed E-state index contributed by atoms with van der Waals surface area (Å²) >= 11 is 0. The van der Waals surface area contributed by atoms with Gasteiger partial charge in [0.15, 0.2) is 0 Å². The van der Waals surface area contributed by atoms with Gasteiger partial charge < -0.3 is 24.5 Å². The third kappa shape index (κ3) is 5.51. The van der Waals surface area contributed by atoms with Crippen molar-refractivity contribution in [1.29, 1.82) is 5.26 Å². The second-order valence-electron chi connectivity index (χ2n) is 8.62. The molecule has 0 aliphatic carbocycles. The van der Waals surface area contributed by atoms with Crippen LogP contribution >= 0.6 is 0 Å². The van der Waals surface area contributed by atoms with Crippen LogP contribution in [0.4, 0.5) is 17.6 Å². The number of hydrogen-bond acceptors (Lipinski definition) is 8. The maximum Gasteiger partial charge on any atom is 0.245 e. The van der Waals surface area contributed by atoms with Crippen molar-refractivity contribution in [3.8, 4) is 6.07 Å². The predicted octanol–water partition coefficient (Wildman–Crippen LogP) is 1.72. The van der Waals surface area contributed by atoms with Crippen LogP contribution in [-0.4, -0.2) is 96.5 Å². The number of carbonyl (C=O) groups excluding carboxylic acids is 2. The lowest BCUT2D eigenvalue weighted by Crippen LogP contribution is -2.54. The van der Waals surface area contributed by atoms with Crippen LogP contribution in [0.5, 0.6) is 0 Å². The van der Waals surface area contributed by atoms with Gasteiger partial charge in [0.1, 0.15) is 24.1 Å². The summed E-state index contributed by atoms with van der Waals surface area (Å²) in [6.45, 7) is 15.0. The van der Waals surface area contributed by atoms with Gasteiger partial charge in [-0.1, -0.05) is 0 Å². The second kappa shape index (κ2) is 11.9. The molecule has 0 N–H and O–H groups in total. The van der Waals surface area contributed by atoms with Crippen molar-refractivity contribution in [2.45, 2.75) is 53.0 Å². The molecule has 0 aromatic carbocycles. The van der Waals surface area contributed by atoms with E-state index in [2.05, 4.69) is 48.5 Å². The van der Waals surface area contributed by atoms with Gasteiger partial charge in [-0.25, -0.2) is 0 Å². The van der Waals surface area contributed by atoms with Crippen LogP contribution in [0.15, 0.2) is 6.07 Å². The molecule has 0 saturated carbocycles. The van der Waals surface area contributed by atoms with Crippen molar-refractivity contribution >= 4 is 29.4 Å². The minimum absolute atomic E-state index is 0.00112. The molecular weight excluding hydrogens is 432 g/mol. The highest BCUT2D eigenvalue weighted by Gasteiger charge is 2.37. The maximum absolute atomic E-state index is 13.2. The molecule has 1 aromatic rings. The Morgan fingerprint density at radius 3 is 2.24 bits per heavy atom. The van der Waals surface area contributed by atoms with Crippen LogP contribution in [0.3, 0.4) is 0 Å². The fraction of sp³-hybridized carbons (Fsp3) is 0.708. The zero-order valence-electron chi connectivity index (χ0n) is 21.0. The highest BCUT2D eigenvalue weighted by atomic mass is 16.2. The molecule has 186 valence electrons. The van der Waals surface area contributed by atoms with Crippen LogP contribution in [0, 0.1) is 11.3 Å². The van der Waals surface area contributed by atoms with Crippen molar-refractivity contribution in [3.05, 3.63) is 6.07 Å². The van der Waals surface area contributed by atoms with Gasteiger partial charge in [-0.15, -0.1) is 0 Å². The number of nitrogens with zero attached hydrogens (tertiary/aromatic N) is 8. The molecule has 2 amide bonds. The van der Waals surface area contributed by atoms with Crippen molar-refractivity contribution in [1.82, 2.24) is 19.8 Å². The largest absolute Gasteiger partial charge is 0.357 e. The van der Waals surface area contributed by atoms with E-state index in [1.165, 1.54) is 0 Å². The maximum atomic E-state index is 13.2. The van der Waals surface area contributed by atoms with Gasteiger partial charge in [-0.3, -0.25) is 9.59 Å². The van der Waals surface area contributed by atoms with Gasteiger partial charge in [-0.2, -0.15) is 15.2 Å². The summed E-state index contributed by atoms with van der Waals surface area (Å²) < 4.78 is 0. The number of rotatable bonds is 9. The number of likely N-dealkylation sites (tertiary alicyclic amines) is 1. The van der Waals surface area contributed by atoms with E-state index >= 15 is 0 Å². The molecule has 0 spiro atoms. The fourth-order valence-corrected chi connectivity index (χ4v) is 4.79. The van der Waals surface area contributed by atoms with Gasteiger partial charge in [0.25, 0.3) is 0 Å². The quantitative estimate of drug-likeness (QED) is 0.538. The molecule has 2 aliphatic rings. The van der Waals surface area contributed by atoms with Gasteiger partial charge in [0, 0.05) is 65.0 Å². The Kier molecular flexibility index (Phi) is 8.91. The Labute approximate surface area is 203 Å². The van der Waals surface area contributed by atoms with E-state index in [1.54, 1.807) is 4.90 Å².